The van der Waals surface area contributed by atoms with Crippen molar-refractivity contribution in [2.75, 3.05) is 12.5 Å². The van der Waals surface area contributed by atoms with Crippen molar-refractivity contribution in [3.63, 3.8) is 0 Å². The van der Waals surface area contributed by atoms with E-state index in [2.05, 4.69) is 10.5 Å². The summed E-state index contributed by atoms with van der Waals surface area (Å²) in [7, 11) is 1.60. The molecular formula is C7H9ClN3O+. The normalized spacial score (nSPS) is 7.67. The van der Waals surface area contributed by atoms with Crippen molar-refractivity contribution in [2.24, 2.45) is 0 Å². The average Bonchev–Trinajstić information content (AvgIpc) is 2.07. The molecule has 4 nitrogen and oxygen atoms in total. The van der Waals surface area contributed by atoms with Gasteiger partial charge in [-0.25, -0.2) is 0 Å². The minimum absolute atomic E-state index is 0. The lowest BCUT2D eigenvalue weighted by Gasteiger charge is -1.96. The Morgan fingerprint density at radius 2 is 1.92 bits per heavy atom. The molecule has 0 heterocycles. The number of hydrogen-bond donors (Lipinski definition) is 1. The summed E-state index contributed by atoms with van der Waals surface area (Å²) in [6, 6.07) is 7.04. The van der Waals surface area contributed by atoms with E-state index in [1.807, 2.05) is 0 Å². The van der Waals surface area contributed by atoms with E-state index < -0.39 is 0 Å². The Labute approximate surface area is 76.5 Å². The molecule has 0 fully saturated rings. The highest BCUT2D eigenvalue weighted by molar-refractivity contribution is 5.85. The number of halogens is 1. The first-order valence-electron chi connectivity index (χ1n) is 3.11. The zero-order chi connectivity index (χ0) is 8.10. The molecule has 1 aromatic carbocycles. The van der Waals surface area contributed by atoms with Crippen LogP contribution in [0, 0.1) is 5.39 Å². The molecule has 1 N–H and O–H groups in total. The molecule has 5 heteroatoms. The minimum Gasteiger partial charge on any atom is -0.497 e. The number of anilines is 1. The monoisotopic (exact) mass is 186 g/mol. The first-order chi connectivity index (χ1) is 5.36. The van der Waals surface area contributed by atoms with E-state index >= 15 is 0 Å². The number of rotatable bonds is 2. The molecule has 1 aromatic rings. The number of ether oxygens (including phenoxy) is 1. The summed E-state index contributed by atoms with van der Waals surface area (Å²) < 4.78 is 4.93. The van der Waals surface area contributed by atoms with Crippen molar-refractivity contribution in [1.82, 2.24) is 0 Å². The van der Waals surface area contributed by atoms with Crippen LogP contribution < -0.4 is 10.2 Å². The Bertz CT molecular complexity index is 267. The molecule has 0 atom stereocenters. The molecule has 0 unspecified atom stereocenters. The van der Waals surface area contributed by atoms with Crippen LogP contribution >= 0.6 is 12.4 Å². The Morgan fingerprint density at radius 3 is 2.33 bits per heavy atom. The van der Waals surface area contributed by atoms with Crippen LogP contribution in [0.25, 0.3) is 5.08 Å². The van der Waals surface area contributed by atoms with E-state index in [9.17, 15) is 0 Å². The van der Waals surface area contributed by atoms with E-state index in [1.165, 1.54) is 0 Å². The second-order valence-electron chi connectivity index (χ2n) is 1.94. The van der Waals surface area contributed by atoms with Gasteiger partial charge in [0.1, 0.15) is 11.4 Å². The van der Waals surface area contributed by atoms with Crippen LogP contribution in [0.5, 0.6) is 5.75 Å². The molecule has 0 aliphatic heterocycles. The van der Waals surface area contributed by atoms with Gasteiger partial charge >= 0.3 is 5.08 Å². The van der Waals surface area contributed by atoms with Gasteiger partial charge in [0.25, 0.3) is 5.39 Å². The number of methoxy groups -OCH3 is 1. The lowest BCUT2D eigenvalue weighted by molar-refractivity contribution is 0.415. The number of diazo groups is 1. The highest BCUT2D eigenvalue weighted by atomic mass is 35.5. The summed E-state index contributed by atoms with van der Waals surface area (Å²) >= 11 is 0. The van der Waals surface area contributed by atoms with Gasteiger partial charge in [-0.1, -0.05) is 0 Å². The Balaban J connectivity index is 0.00000121. The minimum atomic E-state index is 0. The smallest absolute Gasteiger partial charge is 0.308 e. The molecule has 0 aliphatic carbocycles. The van der Waals surface area contributed by atoms with Crippen LogP contribution in [0.15, 0.2) is 24.3 Å². The lowest BCUT2D eigenvalue weighted by atomic mass is 10.3. The van der Waals surface area contributed by atoms with Crippen molar-refractivity contribution < 1.29 is 4.74 Å². The van der Waals surface area contributed by atoms with Gasteiger partial charge in [0.05, 0.1) is 7.11 Å². The van der Waals surface area contributed by atoms with E-state index in [4.69, 9.17) is 10.1 Å². The van der Waals surface area contributed by atoms with Gasteiger partial charge in [-0.05, 0) is 29.7 Å². The number of hydrogen-bond acceptors (Lipinski definition) is 3. The van der Waals surface area contributed by atoms with Crippen molar-refractivity contribution in [2.45, 2.75) is 0 Å². The van der Waals surface area contributed by atoms with Gasteiger partial charge in [0.15, 0.2) is 0 Å². The largest absolute Gasteiger partial charge is 0.497 e. The van der Waals surface area contributed by atoms with Crippen LogP contribution in [0.2, 0.25) is 0 Å². The average molecular weight is 187 g/mol. The maximum atomic E-state index is 8.13. The standard InChI is InChI=1S/C7H8N3O.ClH/c1-11-7-4-2-6(3-5-7)9-10-8;/h2-5,9H,1H3;1H/q+1;. The molecule has 0 saturated carbocycles. The second-order valence-corrected chi connectivity index (χ2v) is 1.94. The first-order valence-corrected chi connectivity index (χ1v) is 3.11. The molecular weight excluding hydrogens is 178 g/mol. The van der Waals surface area contributed by atoms with E-state index in [0.717, 1.165) is 5.75 Å². The molecule has 0 bridgehead atoms. The van der Waals surface area contributed by atoms with Crippen LogP contribution in [0.1, 0.15) is 0 Å². The summed E-state index contributed by atoms with van der Waals surface area (Å²) in [6.07, 6.45) is 0. The van der Waals surface area contributed by atoms with Crippen molar-refractivity contribution in [3.05, 3.63) is 29.4 Å². The quantitative estimate of drug-likeness (QED) is 0.570. The highest BCUT2D eigenvalue weighted by Gasteiger charge is 1.96. The fraction of sp³-hybridized carbons (Fsp3) is 0.143. The van der Waals surface area contributed by atoms with Gasteiger partial charge in [0, 0.05) is 0 Å². The third kappa shape index (κ3) is 2.64. The van der Waals surface area contributed by atoms with Crippen LogP contribution in [0.4, 0.5) is 5.69 Å². The highest BCUT2D eigenvalue weighted by Crippen LogP contribution is 2.14. The SMILES string of the molecule is COc1ccc(N[N+]#N)cc1.Cl. The molecule has 0 aromatic heterocycles. The van der Waals surface area contributed by atoms with Crippen LogP contribution in [0.3, 0.4) is 0 Å². The summed E-state index contributed by atoms with van der Waals surface area (Å²) in [6.45, 7) is 0. The van der Waals surface area contributed by atoms with Gasteiger partial charge in [-0.3, -0.25) is 0 Å². The molecule has 12 heavy (non-hydrogen) atoms. The Hall–Kier alpha value is -1.47. The lowest BCUT2D eigenvalue weighted by Crippen LogP contribution is -1.85. The first kappa shape index (κ1) is 10.5. The summed E-state index contributed by atoms with van der Waals surface area (Å²) in [5.74, 6) is 0.772. The number of nitrogens with zero attached hydrogens (tertiary/aromatic N) is 2. The van der Waals surface area contributed by atoms with Gasteiger partial charge in [-0.15, -0.1) is 12.4 Å². The van der Waals surface area contributed by atoms with Gasteiger partial charge < -0.3 is 4.74 Å². The maximum Gasteiger partial charge on any atom is 0.308 e. The summed E-state index contributed by atoms with van der Waals surface area (Å²) in [5, 5.41) is 10.9. The molecule has 0 radical (unpaired) electrons. The van der Waals surface area contributed by atoms with Crippen LogP contribution in [-0.4, -0.2) is 7.11 Å². The molecule has 64 valence electrons. The van der Waals surface area contributed by atoms with E-state index in [0.29, 0.717) is 5.69 Å². The summed E-state index contributed by atoms with van der Waals surface area (Å²) in [4.78, 5) is 0. The molecule has 0 saturated heterocycles. The Morgan fingerprint density at radius 1 is 1.33 bits per heavy atom. The van der Waals surface area contributed by atoms with Gasteiger partial charge in [0.2, 0.25) is 0 Å². The van der Waals surface area contributed by atoms with Gasteiger partial charge in [-0.2, -0.15) is 0 Å². The third-order valence-corrected chi connectivity index (χ3v) is 1.27. The fourth-order valence-electron chi connectivity index (χ4n) is 0.723. The Kier molecular flexibility index (Phi) is 4.58. The van der Waals surface area contributed by atoms with Crippen molar-refractivity contribution in [3.8, 4) is 5.75 Å². The van der Waals surface area contributed by atoms with Crippen LogP contribution in [-0.2, 0) is 0 Å². The molecule has 1 rings (SSSR count). The zero-order valence-corrected chi connectivity index (χ0v) is 7.34. The maximum absolute atomic E-state index is 8.13. The third-order valence-electron chi connectivity index (χ3n) is 1.27. The van der Waals surface area contributed by atoms with E-state index in [1.54, 1.807) is 31.4 Å². The summed E-state index contributed by atoms with van der Waals surface area (Å²) in [5.41, 5.74) is 3.10. The topological polar surface area (TPSA) is 49.4 Å². The molecule has 0 amide bonds. The zero-order valence-electron chi connectivity index (χ0n) is 6.52. The number of nitrogens with one attached hydrogen (secondary N) is 1. The molecule has 0 aliphatic rings. The second kappa shape index (κ2) is 5.22. The number of benzene rings is 1. The molecule has 0 spiro atoms. The predicted octanol–water partition coefficient (Wildman–Crippen LogP) is 2.30. The van der Waals surface area contributed by atoms with Crippen molar-refractivity contribution >= 4 is 18.1 Å². The fourth-order valence-corrected chi connectivity index (χ4v) is 0.723. The predicted molar refractivity (Wildman–Crippen MR) is 48.9 cm³/mol. The van der Waals surface area contributed by atoms with E-state index in [-0.39, 0.29) is 12.4 Å². The van der Waals surface area contributed by atoms with Crippen molar-refractivity contribution in [1.29, 1.82) is 5.39 Å².